The van der Waals surface area contributed by atoms with Crippen molar-refractivity contribution in [1.29, 1.82) is 0 Å². The number of aryl methyl sites for hydroxylation is 1. The summed E-state index contributed by atoms with van der Waals surface area (Å²) >= 11 is 5.92. The molecule has 0 fully saturated rings. The maximum Gasteiger partial charge on any atom is 0.243 e. The quantitative estimate of drug-likeness (QED) is 0.279. The Labute approximate surface area is 231 Å². The lowest BCUT2D eigenvalue weighted by Gasteiger charge is -2.23. The second kappa shape index (κ2) is 11.9. The van der Waals surface area contributed by atoms with Gasteiger partial charge in [0, 0.05) is 37.0 Å². The van der Waals surface area contributed by atoms with Gasteiger partial charge >= 0.3 is 0 Å². The van der Waals surface area contributed by atoms with Crippen LogP contribution in [0.3, 0.4) is 0 Å². The van der Waals surface area contributed by atoms with Crippen LogP contribution in [0.15, 0.2) is 49.1 Å². The number of hydrogen-bond acceptors (Lipinski definition) is 10. The second-order valence-corrected chi connectivity index (χ2v) is 10.9. The lowest BCUT2D eigenvalue weighted by atomic mass is 10.2. The van der Waals surface area contributed by atoms with Crippen LogP contribution < -0.4 is 14.2 Å². The van der Waals surface area contributed by atoms with Gasteiger partial charge in [-0.3, -0.25) is 14.3 Å². The molecule has 0 radical (unpaired) electrons. The summed E-state index contributed by atoms with van der Waals surface area (Å²) in [5, 5.41) is 7.70. The monoisotopic (exact) mass is 573 g/mol. The minimum absolute atomic E-state index is 0.0894. The SMILES string of the molecule is CCOC(c1ncc(Cl)cn1)C(C)S(=O)(=O)Nc1nnc(-c2cncc(C)c2)n1-c1c(OC)cccc1OC. The summed E-state index contributed by atoms with van der Waals surface area (Å²) in [6.45, 7) is 5.37. The molecule has 0 aliphatic carbocycles. The molecule has 4 aromatic rings. The van der Waals surface area contributed by atoms with Crippen molar-refractivity contribution in [3.8, 4) is 28.6 Å². The molecule has 2 atom stereocenters. The molecule has 3 heterocycles. The molecule has 0 aliphatic rings. The van der Waals surface area contributed by atoms with E-state index in [1.165, 1.54) is 38.1 Å². The summed E-state index contributed by atoms with van der Waals surface area (Å²) in [4.78, 5) is 12.6. The lowest BCUT2D eigenvalue weighted by Crippen LogP contribution is -2.34. The minimum atomic E-state index is -4.15. The number of methoxy groups -OCH3 is 2. The maximum absolute atomic E-state index is 13.7. The third-order valence-corrected chi connectivity index (χ3v) is 7.70. The van der Waals surface area contributed by atoms with Gasteiger partial charge in [0.15, 0.2) is 11.6 Å². The molecular formula is C25H28ClN7O5S. The Morgan fingerprint density at radius 2 is 1.72 bits per heavy atom. The highest BCUT2D eigenvalue weighted by Crippen LogP contribution is 2.38. The van der Waals surface area contributed by atoms with Gasteiger partial charge in [-0.2, -0.15) is 0 Å². The van der Waals surface area contributed by atoms with Crippen LogP contribution in [-0.2, 0) is 14.8 Å². The van der Waals surface area contributed by atoms with Crippen LogP contribution in [0.4, 0.5) is 5.95 Å². The largest absolute Gasteiger partial charge is 0.494 e. The van der Waals surface area contributed by atoms with Gasteiger partial charge in [0.1, 0.15) is 28.5 Å². The van der Waals surface area contributed by atoms with Crippen LogP contribution in [0.2, 0.25) is 5.02 Å². The first-order valence-corrected chi connectivity index (χ1v) is 13.8. The first-order chi connectivity index (χ1) is 18.7. The molecule has 39 heavy (non-hydrogen) atoms. The van der Waals surface area contributed by atoms with Crippen molar-refractivity contribution in [3.05, 3.63) is 65.5 Å². The van der Waals surface area contributed by atoms with Crippen LogP contribution in [0, 0.1) is 6.92 Å². The fraction of sp³-hybridized carbons (Fsp3) is 0.320. The van der Waals surface area contributed by atoms with Crippen molar-refractivity contribution in [2.75, 3.05) is 25.5 Å². The molecule has 3 aromatic heterocycles. The number of rotatable bonds is 11. The molecule has 14 heteroatoms. The zero-order valence-electron chi connectivity index (χ0n) is 22.0. The highest BCUT2D eigenvalue weighted by molar-refractivity contribution is 7.93. The van der Waals surface area contributed by atoms with E-state index in [0.29, 0.717) is 33.6 Å². The van der Waals surface area contributed by atoms with Crippen molar-refractivity contribution < 1.29 is 22.6 Å². The molecule has 0 bridgehead atoms. The lowest BCUT2D eigenvalue weighted by molar-refractivity contribution is 0.0558. The molecular weight excluding hydrogens is 546 g/mol. The van der Waals surface area contributed by atoms with E-state index < -0.39 is 21.4 Å². The average molecular weight is 574 g/mol. The Morgan fingerprint density at radius 1 is 1.05 bits per heavy atom. The van der Waals surface area contributed by atoms with Gasteiger partial charge in [0.2, 0.25) is 16.0 Å². The molecule has 0 spiro atoms. The van der Waals surface area contributed by atoms with Crippen LogP contribution in [0.25, 0.3) is 17.1 Å². The number of para-hydroxylation sites is 1. The van der Waals surface area contributed by atoms with E-state index in [2.05, 4.69) is 29.9 Å². The van der Waals surface area contributed by atoms with Crippen molar-refractivity contribution in [3.63, 3.8) is 0 Å². The molecule has 0 amide bonds. The smallest absolute Gasteiger partial charge is 0.243 e. The van der Waals surface area contributed by atoms with Crippen LogP contribution in [0.1, 0.15) is 31.3 Å². The van der Waals surface area contributed by atoms with E-state index in [1.54, 1.807) is 37.5 Å². The number of pyridine rings is 1. The summed E-state index contributed by atoms with van der Waals surface area (Å²) in [6, 6.07) is 7.06. The van der Waals surface area contributed by atoms with E-state index in [9.17, 15) is 8.42 Å². The third-order valence-electron chi connectivity index (χ3n) is 5.81. The number of nitrogens with one attached hydrogen (secondary N) is 1. The van der Waals surface area contributed by atoms with Gasteiger partial charge < -0.3 is 14.2 Å². The first kappa shape index (κ1) is 28.2. The summed E-state index contributed by atoms with van der Waals surface area (Å²) in [5.74, 6) is 1.23. The molecule has 1 N–H and O–H groups in total. The van der Waals surface area contributed by atoms with E-state index in [0.717, 1.165) is 5.56 Å². The van der Waals surface area contributed by atoms with Gasteiger partial charge in [-0.1, -0.05) is 17.7 Å². The second-order valence-electron chi connectivity index (χ2n) is 8.43. The number of sulfonamides is 1. The Morgan fingerprint density at radius 3 is 2.31 bits per heavy atom. The first-order valence-electron chi connectivity index (χ1n) is 11.9. The van der Waals surface area contributed by atoms with Gasteiger partial charge in [-0.15, -0.1) is 10.2 Å². The number of halogens is 1. The van der Waals surface area contributed by atoms with Crippen LogP contribution in [-0.4, -0.2) is 64.2 Å². The Bertz CT molecular complexity index is 1520. The summed E-state index contributed by atoms with van der Waals surface area (Å²) in [5.41, 5.74) is 1.89. The molecule has 0 saturated heterocycles. The molecule has 12 nitrogen and oxygen atoms in total. The third kappa shape index (κ3) is 5.95. The molecule has 206 valence electrons. The van der Waals surface area contributed by atoms with Crippen molar-refractivity contribution >= 4 is 27.6 Å². The van der Waals surface area contributed by atoms with Crippen molar-refractivity contribution in [2.45, 2.75) is 32.1 Å². The molecule has 2 unspecified atom stereocenters. The van der Waals surface area contributed by atoms with Gasteiger partial charge in [0.25, 0.3) is 0 Å². The minimum Gasteiger partial charge on any atom is -0.494 e. The zero-order valence-corrected chi connectivity index (χ0v) is 23.6. The number of benzene rings is 1. The number of aromatic nitrogens is 6. The van der Waals surface area contributed by atoms with E-state index in [-0.39, 0.29) is 18.4 Å². The predicted octanol–water partition coefficient (Wildman–Crippen LogP) is 4.01. The van der Waals surface area contributed by atoms with Crippen LogP contribution >= 0.6 is 11.6 Å². The number of anilines is 1. The zero-order chi connectivity index (χ0) is 28.2. The fourth-order valence-corrected chi connectivity index (χ4v) is 5.13. The summed E-state index contributed by atoms with van der Waals surface area (Å²) < 4.78 is 48.5. The summed E-state index contributed by atoms with van der Waals surface area (Å²) in [6.07, 6.45) is 5.10. The predicted molar refractivity (Wildman–Crippen MR) is 146 cm³/mol. The Balaban J connectivity index is 1.84. The van der Waals surface area contributed by atoms with Crippen molar-refractivity contribution in [2.24, 2.45) is 0 Å². The van der Waals surface area contributed by atoms with Gasteiger partial charge in [0.05, 0.1) is 19.2 Å². The maximum atomic E-state index is 13.7. The van der Waals surface area contributed by atoms with Crippen molar-refractivity contribution in [1.82, 2.24) is 29.7 Å². The number of nitrogens with zero attached hydrogens (tertiary/aromatic N) is 6. The van der Waals surface area contributed by atoms with Crippen LogP contribution in [0.5, 0.6) is 11.5 Å². The van der Waals surface area contributed by atoms with E-state index in [4.69, 9.17) is 25.8 Å². The summed E-state index contributed by atoms with van der Waals surface area (Å²) in [7, 11) is -1.15. The fourth-order valence-electron chi connectivity index (χ4n) is 3.93. The van der Waals surface area contributed by atoms with E-state index >= 15 is 0 Å². The highest BCUT2D eigenvalue weighted by Gasteiger charge is 2.35. The topological polar surface area (TPSA) is 143 Å². The molecule has 0 saturated carbocycles. The number of ether oxygens (including phenoxy) is 3. The average Bonchev–Trinajstić information content (AvgIpc) is 3.33. The molecule has 4 rings (SSSR count). The van der Waals surface area contributed by atoms with E-state index in [1.807, 2.05) is 13.0 Å². The number of hydrogen-bond donors (Lipinski definition) is 1. The standard InChI is InChI=1S/C25H28ClN7O5S/c1-6-38-22(23-28-13-18(26)14-29-23)16(3)39(34,35)32-25-31-30-24(17-10-15(2)11-27-12-17)33(25)21-19(36-4)8-7-9-20(21)37-5/h7-14,16,22H,6H2,1-5H3,(H,31,32). The highest BCUT2D eigenvalue weighted by atomic mass is 35.5. The van der Waals surface area contributed by atoms with Gasteiger partial charge in [-0.05, 0) is 44.5 Å². The Hall–Kier alpha value is -3.81. The molecule has 0 aliphatic heterocycles. The van der Waals surface area contributed by atoms with Gasteiger partial charge in [-0.25, -0.2) is 18.4 Å². The normalized spacial score (nSPS) is 13.1. The molecule has 1 aromatic carbocycles. The Kier molecular flexibility index (Phi) is 8.63.